The standard InChI is InChI=1S/C51H79NO10/c1-32-17-12-11-13-18-33(2)27-36(5)46(54)48(60-10)47(55)37(6)28-34(3)44(53)31-45(35(4)29-40-19-16-20-42(30-40)59-9)61-50(57)43-21-14-15-26-52(43)39(8)49(56)51(58)38(7)23-25-41(62-51)24-22-32/h11-13,17-18,28,33-36,38,40-43,45,47-48,55,58H,8,14-16,19-27,29-31H2,1-7,9-10H3/b12-11+,18-13+,32-17+,37-28+/t33-,34-,35+,36?,38?,40?,41-,42?,43?,45+,47?,48+,51?/m1/s1. The number of hydrogen-bond donors (Lipinski definition) is 2. The molecule has 4 aliphatic rings. The van der Waals surface area contributed by atoms with E-state index in [0.717, 1.165) is 50.5 Å². The van der Waals surface area contributed by atoms with E-state index in [-0.39, 0.29) is 47.7 Å². The maximum Gasteiger partial charge on any atom is 0.329 e. The van der Waals surface area contributed by atoms with Gasteiger partial charge in [0.1, 0.15) is 30.1 Å². The SMILES string of the molecule is C=C1C(=O)C2(O)O[C@H](CC/C(C)=C/C=C/C=C/[C@@H](C)CC(C)C(=O)[C@H](OC)C(O)/C(C)=C/[C@@H](C)C(=O)C[C@@H]([C@@H](C)CC3CCCC(OC)C3)OC(=O)C3CCCCN13)CCC2C. The number of aliphatic hydroxyl groups excluding tert-OH is 1. The molecule has 13 atom stereocenters. The third-order valence-electron chi connectivity index (χ3n) is 14.1. The minimum absolute atomic E-state index is 0.0257. The first kappa shape index (κ1) is 51.4. The highest BCUT2D eigenvalue weighted by molar-refractivity contribution is 6.00. The van der Waals surface area contributed by atoms with Gasteiger partial charge in [0, 0.05) is 44.9 Å². The zero-order valence-corrected chi connectivity index (χ0v) is 39.3. The van der Waals surface area contributed by atoms with E-state index < -0.39 is 59.6 Å². The zero-order valence-electron chi connectivity index (χ0n) is 39.3. The number of rotatable bonds is 5. The van der Waals surface area contributed by atoms with Gasteiger partial charge in [0.2, 0.25) is 11.6 Å². The summed E-state index contributed by atoms with van der Waals surface area (Å²) in [5.74, 6) is -4.90. The largest absolute Gasteiger partial charge is 0.460 e. The molecule has 11 nitrogen and oxygen atoms in total. The Kier molecular flexibility index (Phi) is 20.0. The summed E-state index contributed by atoms with van der Waals surface area (Å²) in [6.07, 6.45) is 18.1. The summed E-state index contributed by atoms with van der Waals surface area (Å²) in [7, 11) is 3.15. The quantitative estimate of drug-likeness (QED) is 0.156. The molecule has 3 fully saturated rings. The van der Waals surface area contributed by atoms with Crippen LogP contribution in [0.15, 0.2) is 59.9 Å². The molecule has 1 saturated carbocycles. The number of cyclic esters (lactones) is 1. The molecule has 0 aromatic rings. The molecule has 3 heterocycles. The molecule has 0 aromatic heterocycles. The van der Waals surface area contributed by atoms with Crippen LogP contribution in [0.3, 0.4) is 0 Å². The van der Waals surface area contributed by atoms with Gasteiger partial charge in [-0.15, -0.1) is 0 Å². The summed E-state index contributed by atoms with van der Waals surface area (Å²) in [6, 6.07) is -0.828. The lowest BCUT2D eigenvalue weighted by molar-refractivity contribution is -0.262. The second-order valence-electron chi connectivity index (χ2n) is 19.3. The van der Waals surface area contributed by atoms with Crippen molar-refractivity contribution >= 4 is 23.3 Å². The van der Waals surface area contributed by atoms with Crippen LogP contribution in [0.25, 0.3) is 0 Å². The number of carbonyl (C=O) groups is 4. The van der Waals surface area contributed by atoms with Crippen LogP contribution >= 0.6 is 0 Å². The average molecular weight is 866 g/mol. The van der Waals surface area contributed by atoms with Gasteiger partial charge in [-0.1, -0.05) is 96.1 Å². The van der Waals surface area contributed by atoms with Gasteiger partial charge in [-0.25, -0.2) is 4.79 Å². The highest BCUT2D eigenvalue weighted by atomic mass is 16.6. The number of allylic oxidation sites excluding steroid dienone is 7. The van der Waals surface area contributed by atoms with Crippen LogP contribution in [0.5, 0.6) is 0 Å². The first-order valence-electron chi connectivity index (χ1n) is 23.5. The van der Waals surface area contributed by atoms with Crippen LogP contribution in [-0.4, -0.2) is 102 Å². The van der Waals surface area contributed by atoms with Gasteiger partial charge in [0.15, 0.2) is 5.78 Å². The van der Waals surface area contributed by atoms with Gasteiger partial charge in [-0.05, 0) is 108 Å². The Hall–Kier alpha value is -3.22. The summed E-state index contributed by atoms with van der Waals surface area (Å²) in [6.45, 7) is 17.8. The zero-order chi connectivity index (χ0) is 45.7. The number of esters is 1. The van der Waals surface area contributed by atoms with Gasteiger partial charge < -0.3 is 34.1 Å². The van der Waals surface area contributed by atoms with Crippen molar-refractivity contribution in [2.45, 2.75) is 181 Å². The monoisotopic (exact) mass is 866 g/mol. The van der Waals surface area contributed by atoms with E-state index in [1.165, 1.54) is 7.11 Å². The van der Waals surface area contributed by atoms with Gasteiger partial charge in [-0.2, -0.15) is 0 Å². The van der Waals surface area contributed by atoms with Gasteiger partial charge in [0.25, 0.3) is 0 Å². The Morgan fingerprint density at radius 3 is 2.37 bits per heavy atom. The Morgan fingerprint density at radius 1 is 0.919 bits per heavy atom. The predicted molar refractivity (Wildman–Crippen MR) is 242 cm³/mol. The Bertz CT molecular complexity index is 1660. The highest BCUT2D eigenvalue weighted by Crippen LogP contribution is 2.39. The van der Waals surface area contributed by atoms with Crippen molar-refractivity contribution in [3.05, 3.63) is 59.9 Å². The molecule has 62 heavy (non-hydrogen) atoms. The number of Topliss-reactive ketones (excluding diaryl/α,β-unsaturated/α-hetero) is 3. The van der Waals surface area contributed by atoms with Crippen LogP contribution in [0, 0.1) is 35.5 Å². The summed E-state index contributed by atoms with van der Waals surface area (Å²) in [5.41, 5.74) is 1.60. The number of hydrogen-bond acceptors (Lipinski definition) is 11. The fourth-order valence-electron chi connectivity index (χ4n) is 9.96. The first-order valence-corrected chi connectivity index (χ1v) is 23.5. The van der Waals surface area contributed by atoms with E-state index in [9.17, 15) is 29.4 Å². The van der Waals surface area contributed by atoms with E-state index in [1.54, 1.807) is 31.9 Å². The molecular formula is C51H79NO10. The molecule has 0 spiro atoms. The van der Waals surface area contributed by atoms with Gasteiger partial charge in [0.05, 0.1) is 17.9 Å². The molecule has 348 valence electrons. The van der Waals surface area contributed by atoms with E-state index in [0.29, 0.717) is 56.6 Å². The van der Waals surface area contributed by atoms with Crippen LogP contribution in [-0.2, 0) is 38.1 Å². The Balaban J connectivity index is 1.67. The molecular weight excluding hydrogens is 787 g/mol. The fourth-order valence-corrected chi connectivity index (χ4v) is 9.96. The Labute approximate surface area is 372 Å². The molecule has 3 aliphatic heterocycles. The normalized spacial score (nSPS) is 39.4. The minimum Gasteiger partial charge on any atom is -0.460 e. The van der Waals surface area contributed by atoms with Crippen molar-refractivity contribution in [1.29, 1.82) is 0 Å². The predicted octanol–water partition coefficient (Wildman–Crippen LogP) is 8.57. The number of methoxy groups -OCH3 is 2. The highest BCUT2D eigenvalue weighted by Gasteiger charge is 2.50. The van der Waals surface area contributed by atoms with E-state index in [1.807, 2.05) is 65.0 Å². The smallest absolute Gasteiger partial charge is 0.329 e. The number of piperidine rings is 1. The van der Waals surface area contributed by atoms with Crippen LogP contribution in [0.2, 0.25) is 0 Å². The molecule has 0 amide bonds. The molecule has 11 heteroatoms. The van der Waals surface area contributed by atoms with Crippen molar-refractivity contribution in [3.63, 3.8) is 0 Å². The van der Waals surface area contributed by atoms with Crippen molar-refractivity contribution in [3.8, 4) is 0 Å². The van der Waals surface area contributed by atoms with E-state index in [4.69, 9.17) is 18.9 Å². The van der Waals surface area contributed by atoms with Crippen LogP contribution < -0.4 is 0 Å². The topological polar surface area (TPSA) is 149 Å². The first-order chi connectivity index (χ1) is 29.4. The molecule has 7 unspecified atom stereocenters. The third-order valence-corrected chi connectivity index (χ3v) is 14.1. The maximum absolute atomic E-state index is 14.4. The molecule has 2 N–H and O–H groups in total. The molecule has 0 radical (unpaired) electrons. The third kappa shape index (κ3) is 13.9. The van der Waals surface area contributed by atoms with Crippen LogP contribution in [0.4, 0.5) is 0 Å². The number of carbonyl (C=O) groups excluding carboxylic acids is 4. The lowest BCUT2D eigenvalue weighted by atomic mass is 9.79. The van der Waals surface area contributed by atoms with E-state index in [2.05, 4.69) is 6.58 Å². The number of nitrogens with zero attached hydrogens (tertiary/aromatic N) is 1. The van der Waals surface area contributed by atoms with Crippen LogP contribution in [0.1, 0.15) is 138 Å². The molecule has 2 bridgehead atoms. The average Bonchev–Trinajstić information content (AvgIpc) is 3.25. The van der Waals surface area contributed by atoms with Crippen molar-refractivity contribution < 1.29 is 48.3 Å². The summed E-state index contributed by atoms with van der Waals surface area (Å²) in [5, 5.41) is 23.4. The summed E-state index contributed by atoms with van der Waals surface area (Å²) < 4.78 is 24.0. The number of ketones is 3. The van der Waals surface area contributed by atoms with E-state index >= 15 is 0 Å². The molecule has 1 aliphatic carbocycles. The van der Waals surface area contributed by atoms with Crippen molar-refractivity contribution in [1.82, 2.24) is 4.90 Å². The lowest BCUT2D eigenvalue weighted by Crippen LogP contribution is -2.56. The molecule has 4 rings (SSSR count). The number of fused-ring (bicyclic) bond motifs is 3. The number of ether oxygens (including phenoxy) is 4. The molecule has 2 saturated heterocycles. The van der Waals surface area contributed by atoms with Crippen molar-refractivity contribution in [2.75, 3.05) is 20.8 Å². The Morgan fingerprint density at radius 2 is 1.66 bits per heavy atom. The second-order valence-corrected chi connectivity index (χ2v) is 19.3. The maximum atomic E-state index is 14.4. The van der Waals surface area contributed by atoms with Gasteiger partial charge in [-0.3, -0.25) is 14.4 Å². The lowest BCUT2D eigenvalue weighted by Gasteiger charge is -2.44. The minimum atomic E-state index is -2.09. The second kappa shape index (κ2) is 24.2. The molecule has 0 aromatic carbocycles. The summed E-state index contributed by atoms with van der Waals surface area (Å²) in [4.78, 5) is 58.2. The summed E-state index contributed by atoms with van der Waals surface area (Å²) >= 11 is 0. The van der Waals surface area contributed by atoms with Crippen molar-refractivity contribution in [2.24, 2.45) is 35.5 Å². The number of aliphatic hydroxyl groups is 2. The van der Waals surface area contributed by atoms with Gasteiger partial charge >= 0.3 is 5.97 Å². The fraction of sp³-hybridized carbons (Fsp3) is 0.725.